The van der Waals surface area contributed by atoms with Gasteiger partial charge in [0.15, 0.2) is 21.2 Å². The number of likely N-dealkylation sites (tertiary alicyclic amines) is 1. The number of carbonyl (C=O) groups excluding carboxylic acids is 1. The lowest BCUT2D eigenvalue weighted by atomic mass is 9.87. The van der Waals surface area contributed by atoms with Crippen molar-refractivity contribution in [2.24, 2.45) is 0 Å². The molecule has 1 fully saturated rings. The zero-order chi connectivity index (χ0) is 25.5. The first kappa shape index (κ1) is 26.0. The molecule has 186 valence electrons. The summed E-state index contributed by atoms with van der Waals surface area (Å²) >= 11 is 18.1. The molecule has 1 unspecified atom stereocenters. The summed E-state index contributed by atoms with van der Waals surface area (Å²) < 4.78 is 29.9. The Morgan fingerprint density at radius 2 is 1.97 bits per heavy atom. The molecular formula is C25H24Cl3NO5S. The second-order valence-electron chi connectivity index (χ2n) is 8.89. The molecule has 2 aliphatic heterocycles. The van der Waals surface area contributed by atoms with Crippen molar-refractivity contribution in [2.45, 2.75) is 30.3 Å². The molecule has 2 heterocycles. The maximum atomic E-state index is 13.0. The second-order valence-corrected chi connectivity index (χ2v) is 12.3. The van der Waals surface area contributed by atoms with Gasteiger partial charge in [0.1, 0.15) is 10.1 Å². The molecule has 0 radical (unpaired) electrons. The molecule has 0 amide bonds. The average molecular weight is 557 g/mol. The number of halogens is 3. The fraction of sp³-hybridized carbons (Fsp3) is 0.320. The van der Waals surface area contributed by atoms with E-state index in [4.69, 9.17) is 39.5 Å². The van der Waals surface area contributed by atoms with Crippen LogP contribution < -0.4 is 0 Å². The third kappa shape index (κ3) is 5.25. The van der Waals surface area contributed by atoms with Crippen molar-refractivity contribution < 1.29 is 23.1 Å². The van der Waals surface area contributed by atoms with Gasteiger partial charge < -0.3 is 9.84 Å². The molecular weight excluding hydrogens is 533 g/mol. The molecule has 1 atom stereocenters. The number of aliphatic hydroxyl groups excluding tert-OH is 1. The molecule has 10 heteroatoms. The van der Waals surface area contributed by atoms with Gasteiger partial charge in [-0.15, -0.1) is 0 Å². The number of piperidine rings is 1. The van der Waals surface area contributed by atoms with E-state index in [9.17, 15) is 18.3 Å². The Labute approximate surface area is 219 Å². The summed E-state index contributed by atoms with van der Waals surface area (Å²) in [6.45, 7) is 3.34. The number of aryl methyl sites for hydroxylation is 1. The van der Waals surface area contributed by atoms with Gasteiger partial charge in [0.25, 0.3) is 0 Å². The van der Waals surface area contributed by atoms with Gasteiger partial charge in [-0.1, -0.05) is 46.9 Å². The summed E-state index contributed by atoms with van der Waals surface area (Å²) in [4.78, 5) is 15.2. The Morgan fingerprint density at radius 3 is 2.66 bits per heavy atom. The number of carbonyl (C=O) groups is 1. The molecule has 0 aromatic heterocycles. The van der Waals surface area contributed by atoms with Gasteiger partial charge >= 0.3 is 5.97 Å². The van der Waals surface area contributed by atoms with Crippen LogP contribution in [0.1, 0.15) is 24.0 Å². The largest absolute Gasteiger partial charge is 0.507 e. The van der Waals surface area contributed by atoms with E-state index in [0.717, 1.165) is 12.8 Å². The average Bonchev–Trinajstić information content (AvgIpc) is 3.02. The first-order valence-electron chi connectivity index (χ1n) is 10.9. The molecule has 1 spiro atoms. The quantitative estimate of drug-likeness (QED) is 0.476. The second kappa shape index (κ2) is 9.79. The highest BCUT2D eigenvalue weighted by Gasteiger charge is 2.51. The smallest absolute Gasteiger partial charge is 0.343 e. The number of hydrogen-bond donors (Lipinski definition) is 1. The fourth-order valence-corrected chi connectivity index (χ4v) is 5.72. The van der Waals surface area contributed by atoms with Crippen LogP contribution in [0.3, 0.4) is 0 Å². The van der Waals surface area contributed by atoms with Crippen LogP contribution in [0.2, 0.25) is 5.02 Å². The SMILES string of the molecule is Cc1cc(-c2cccc(S(C)(=O)=O)c2)c(Cl)cc1C1=C(O)C2(CCCN(CC=C(Cl)Cl)C2)OC1=O. The number of esters is 1. The minimum absolute atomic E-state index is 0.0913. The van der Waals surface area contributed by atoms with Crippen molar-refractivity contribution in [3.63, 3.8) is 0 Å². The third-order valence-corrected chi connectivity index (χ3v) is 8.09. The van der Waals surface area contributed by atoms with E-state index < -0.39 is 21.4 Å². The van der Waals surface area contributed by atoms with Gasteiger partial charge in [-0.3, -0.25) is 4.90 Å². The van der Waals surface area contributed by atoms with Crippen LogP contribution in [0.15, 0.2) is 57.6 Å². The highest BCUT2D eigenvalue weighted by Crippen LogP contribution is 2.44. The van der Waals surface area contributed by atoms with Crippen LogP contribution in [-0.4, -0.2) is 55.9 Å². The minimum atomic E-state index is -3.39. The molecule has 2 aromatic carbocycles. The summed E-state index contributed by atoms with van der Waals surface area (Å²) in [5.41, 5.74) is 1.36. The van der Waals surface area contributed by atoms with E-state index in [1.54, 1.807) is 43.3 Å². The van der Waals surface area contributed by atoms with E-state index >= 15 is 0 Å². The summed E-state index contributed by atoms with van der Waals surface area (Å²) in [5, 5.41) is 11.6. The number of hydrogen-bond acceptors (Lipinski definition) is 6. The zero-order valence-corrected chi connectivity index (χ0v) is 22.2. The minimum Gasteiger partial charge on any atom is -0.507 e. The van der Waals surface area contributed by atoms with E-state index in [-0.39, 0.29) is 20.7 Å². The van der Waals surface area contributed by atoms with E-state index in [2.05, 4.69) is 0 Å². The normalized spacial score (nSPS) is 20.9. The van der Waals surface area contributed by atoms with Crippen molar-refractivity contribution >= 4 is 56.2 Å². The number of ether oxygens (including phenoxy) is 1. The van der Waals surface area contributed by atoms with E-state index in [1.807, 2.05) is 4.90 Å². The number of sulfone groups is 1. The first-order valence-corrected chi connectivity index (χ1v) is 14.0. The first-order chi connectivity index (χ1) is 16.4. The van der Waals surface area contributed by atoms with Crippen LogP contribution in [0.4, 0.5) is 0 Å². The van der Waals surface area contributed by atoms with Gasteiger partial charge in [-0.25, -0.2) is 13.2 Å². The molecule has 4 rings (SSSR count). The molecule has 2 aromatic rings. The van der Waals surface area contributed by atoms with Crippen molar-refractivity contribution in [2.75, 3.05) is 25.9 Å². The maximum absolute atomic E-state index is 13.0. The molecule has 0 bridgehead atoms. The van der Waals surface area contributed by atoms with Crippen molar-refractivity contribution in [1.29, 1.82) is 0 Å². The Kier molecular flexibility index (Phi) is 7.28. The predicted molar refractivity (Wildman–Crippen MR) is 139 cm³/mol. The standard InChI is InChI=1S/C25H24Cl3NO5S/c1-15-11-19(16-5-3-6-17(12-16)35(2,32)33)20(26)13-18(15)22-23(30)25(34-24(22)31)8-4-9-29(14-25)10-7-21(27)28/h3,5-7,11-13,30H,4,8-10,14H2,1-2H3. The predicted octanol–water partition coefficient (Wildman–Crippen LogP) is 5.70. The number of benzene rings is 2. The molecule has 2 aliphatic rings. The van der Waals surface area contributed by atoms with Crippen LogP contribution in [0.25, 0.3) is 16.7 Å². The highest BCUT2D eigenvalue weighted by molar-refractivity contribution is 7.90. The summed E-state index contributed by atoms with van der Waals surface area (Å²) in [5.74, 6) is -0.722. The molecule has 6 nitrogen and oxygen atoms in total. The molecule has 1 saturated heterocycles. The van der Waals surface area contributed by atoms with Crippen LogP contribution >= 0.6 is 34.8 Å². The van der Waals surface area contributed by atoms with Crippen molar-refractivity contribution in [3.8, 4) is 11.1 Å². The topological polar surface area (TPSA) is 83.9 Å². The fourth-order valence-electron chi connectivity index (χ4n) is 4.64. The van der Waals surface area contributed by atoms with Gasteiger partial charge in [0.2, 0.25) is 0 Å². The number of rotatable bonds is 5. The van der Waals surface area contributed by atoms with Crippen LogP contribution in [0, 0.1) is 6.92 Å². The third-order valence-electron chi connectivity index (χ3n) is 6.35. The molecule has 0 aliphatic carbocycles. The summed E-state index contributed by atoms with van der Waals surface area (Å²) in [6, 6.07) is 9.89. The Morgan fingerprint density at radius 1 is 1.23 bits per heavy atom. The van der Waals surface area contributed by atoms with E-state index in [1.165, 1.54) is 6.07 Å². The maximum Gasteiger partial charge on any atom is 0.343 e. The van der Waals surface area contributed by atoms with Gasteiger partial charge in [0, 0.05) is 29.9 Å². The monoisotopic (exact) mass is 555 g/mol. The lowest BCUT2D eigenvalue weighted by Crippen LogP contribution is -2.49. The summed E-state index contributed by atoms with van der Waals surface area (Å²) in [7, 11) is -3.39. The highest BCUT2D eigenvalue weighted by atomic mass is 35.5. The molecule has 35 heavy (non-hydrogen) atoms. The number of nitrogens with zero attached hydrogens (tertiary/aromatic N) is 1. The Balaban J connectivity index is 1.72. The van der Waals surface area contributed by atoms with Crippen LogP contribution in [0.5, 0.6) is 0 Å². The number of aliphatic hydroxyl groups is 1. The lowest BCUT2D eigenvalue weighted by molar-refractivity contribution is -0.151. The Hall–Kier alpha value is -2.03. The van der Waals surface area contributed by atoms with Gasteiger partial charge in [-0.2, -0.15) is 0 Å². The zero-order valence-electron chi connectivity index (χ0n) is 19.1. The van der Waals surface area contributed by atoms with Gasteiger partial charge in [0.05, 0.1) is 4.90 Å². The summed E-state index contributed by atoms with van der Waals surface area (Å²) in [6.07, 6.45) is 4.01. The molecule has 0 saturated carbocycles. The van der Waals surface area contributed by atoms with Crippen molar-refractivity contribution in [1.82, 2.24) is 4.90 Å². The Bertz CT molecular complexity index is 1370. The lowest BCUT2D eigenvalue weighted by Gasteiger charge is -2.38. The van der Waals surface area contributed by atoms with Crippen molar-refractivity contribution in [3.05, 3.63) is 68.9 Å². The van der Waals surface area contributed by atoms with Crippen LogP contribution in [-0.2, 0) is 19.4 Å². The van der Waals surface area contributed by atoms with E-state index in [0.29, 0.717) is 53.2 Å². The van der Waals surface area contributed by atoms with Gasteiger partial charge in [-0.05, 0) is 73.3 Å². The molecule has 1 N–H and O–H groups in total.